The maximum atomic E-state index is 2.12. The first-order valence-electron chi connectivity index (χ1n) is 6.15. The molecule has 0 radical (unpaired) electrons. The highest BCUT2D eigenvalue weighted by Gasteiger charge is 1.90. The van der Waals surface area contributed by atoms with E-state index in [9.17, 15) is 0 Å². The molecular weight excluding hydrogens is 256 g/mol. The summed E-state index contributed by atoms with van der Waals surface area (Å²) in [6, 6.07) is 8.48. The zero-order valence-electron chi connectivity index (χ0n) is 11.7. The topological polar surface area (TPSA) is 6.48 Å². The molecule has 0 aromatic heterocycles. The number of nitrogens with zero attached hydrogens (tertiary/aromatic N) is 2. The van der Waals surface area contributed by atoms with Gasteiger partial charge in [0, 0.05) is 38.9 Å². The summed E-state index contributed by atoms with van der Waals surface area (Å²) in [5.74, 6) is 0. The van der Waals surface area contributed by atoms with Crippen molar-refractivity contribution in [2.24, 2.45) is 0 Å². The van der Waals surface area contributed by atoms with Crippen molar-refractivity contribution in [3.05, 3.63) is 59.5 Å². The van der Waals surface area contributed by atoms with Crippen LogP contribution in [0.3, 0.4) is 0 Å². The Balaban J connectivity index is -0.000000274. The first kappa shape index (κ1) is 24.1. The standard InChI is InChI=1S/C10H12.C6H10N2.3CH4/c1-3-9-5-7-10(4-2)8-6-9;1-7-3-5-8(2)6-4-7;;;/h3-8H,1-2H3;3-6H,1-2H3;3*1H4. The zero-order valence-corrected chi connectivity index (χ0v) is 11.7. The Morgan fingerprint density at radius 1 is 0.619 bits per heavy atom. The van der Waals surface area contributed by atoms with Crippen molar-refractivity contribution in [2.45, 2.75) is 36.1 Å². The lowest BCUT2D eigenvalue weighted by Gasteiger charge is -2.17. The highest BCUT2D eigenvalue weighted by Crippen LogP contribution is 1.97. The Morgan fingerprint density at radius 3 is 1.05 bits per heavy atom. The van der Waals surface area contributed by atoms with Gasteiger partial charge in [-0.25, -0.2) is 0 Å². The Kier molecular flexibility index (Phi) is 15.0. The van der Waals surface area contributed by atoms with Crippen LogP contribution in [0.5, 0.6) is 0 Å². The van der Waals surface area contributed by atoms with Crippen LogP contribution >= 0.6 is 0 Å². The maximum Gasteiger partial charge on any atom is 0.0194 e. The SMILES string of the molecule is C.C.C.CC=c1ccc(=CC)cc1.CN1C=CN(C)C=C1. The fourth-order valence-corrected chi connectivity index (χ4v) is 1.40. The normalized spacial score (nSPS) is 11.0. The van der Waals surface area contributed by atoms with Crippen LogP contribution in [0.4, 0.5) is 0 Å². The van der Waals surface area contributed by atoms with E-state index in [1.165, 1.54) is 10.4 Å². The lowest BCUT2D eigenvalue weighted by molar-refractivity contribution is 0.519. The first-order chi connectivity index (χ1) is 8.65. The molecule has 0 bridgehead atoms. The van der Waals surface area contributed by atoms with E-state index in [1.807, 2.05) is 62.5 Å². The summed E-state index contributed by atoms with van der Waals surface area (Å²) in [4.78, 5) is 4.00. The monoisotopic (exact) mass is 290 g/mol. The van der Waals surface area contributed by atoms with Crippen LogP contribution in [0.2, 0.25) is 0 Å². The minimum Gasteiger partial charge on any atom is -0.354 e. The first-order valence-corrected chi connectivity index (χ1v) is 6.15. The van der Waals surface area contributed by atoms with Crippen LogP contribution in [0.1, 0.15) is 36.1 Å². The molecule has 0 saturated heterocycles. The maximum absolute atomic E-state index is 2.12. The predicted molar refractivity (Wildman–Crippen MR) is 100.0 cm³/mol. The molecule has 21 heavy (non-hydrogen) atoms. The van der Waals surface area contributed by atoms with Gasteiger partial charge in [0.25, 0.3) is 0 Å². The molecule has 1 aromatic rings. The summed E-state index contributed by atoms with van der Waals surface area (Å²) in [6.45, 7) is 4.09. The van der Waals surface area contributed by atoms with Crippen LogP contribution in [-0.2, 0) is 0 Å². The van der Waals surface area contributed by atoms with Crippen LogP contribution < -0.4 is 10.4 Å². The van der Waals surface area contributed by atoms with Crippen molar-refractivity contribution in [3.8, 4) is 0 Å². The minimum atomic E-state index is 0. The van der Waals surface area contributed by atoms with Gasteiger partial charge in [-0.3, -0.25) is 0 Å². The van der Waals surface area contributed by atoms with E-state index in [4.69, 9.17) is 0 Å². The Hall–Kier alpha value is -1.96. The Bertz CT molecular complexity index is 442. The predicted octanol–water partition coefficient (Wildman–Crippen LogP) is 4.00. The average molecular weight is 290 g/mol. The van der Waals surface area contributed by atoms with Gasteiger partial charge in [-0.2, -0.15) is 0 Å². The molecule has 0 atom stereocenters. The van der Waals surface area contributed by atoms with Crippen molar-refractivity contribution in [1.29, 1.82) is 0 Å². The third kappa shape index (κ3) is 9.55. The van der Waals surface area contributed by atoms with Crippen molar-refractivity contribution in [1.82, 2.24) is 9.80 Å². The van der Waals surface area contributed by atoms with E-state index >= 15 is 0 Å². The Labute approximate surface area is 132 Å². The van der Waals surface area contributed by atoms with Gasteiger partial charge in [0.2, 0.25) is 0 Å². The number of benzene rings is 1. The quantitative estimate of drug-likeness (QED) is 0.712. The van der Waals surface area contributed by atoms with Gasteiger partial charge in [-0.05, 0) is 24.3 Å². The second-order valence-electron chi connectivity index (χ2n) is 4.17. The summed E-state index contributed by atoms with van der Waals surface area (Å²) in [5, 5.41) is 2.57. The zero-order chi connectivity index (χ0) is 13.4. The van der Waals surface area contributed by atoms with Crippen molar-refractivity contribution < 1.29 is 0 Å². The highest BCUT2D eigenvalue weighted by atomic mass is 15.2. The molecule has 1 aliphatic heterocycles. The van der Waals surface area contributed by atoms with Crippen LogP contribution in [0.15, 0.2) is 49.1 Å². The molecule has 0 unspecified atom stereocenters. The molecule has 2 nitrogen and oxygen atoms in total. The second kappa shape index (κ2) is 13.0. The van der Waals surface area contributed by atoms with Crippen LogP contribution in [0, 0.1) is 0 Å². The van der Waals surface area contributed by atoms with E-state index in [0.29, 0.717) is 0 Å². The number of rotatable bonds is 0. The van der Waals surface area contributed by atoms with Gasteiger partial charge in [0.15, 0.2) is 0 Å². The lowest BCUT2D eigenvalue weighted by Crippen LogP contribution is -2.12. The number of hydrogen-bond acceptors (Lipinski definition) is 2. The second-order valence-corrected chi connectivity index (χ2v) is 4.17. The summed E-state index contributed by atoms with van der Waals surface area (Å²) in [5.41, 5.74) is 0. The molecule has 2 rings (SSSR count). The van der Waals surface area contributed by atoms with Crippen molar-refractivity contribution in [2.75, 3.05) is 14.1 Å². The summed E-state index contributed by atoms with van der Waals surface area (Å²) in [6.07, 6.45) is 12.2. The molecule has 0 saturated carbocycles. The molecule has 0 fully saturated rings. The molecule has 0 spiro atoms. The van der Waals surface area contributed by atoms with E-state index in [1.54, 1.807) is 0 Å². The van der Waals surface area contributed by atoms with E-state index < -0.39 is 0 Å². The molecule has 0 N–H and O–H groups in total. The van der Waals surface area contributed by atoms with Gasteiger partial charge in [-0.15, -0.1) is 0 Å². The van der Waals surface area contributed by atoms with Gasteiger partial charge < -0.3 is 9.80 Å². The molecule has 0 amide bonds. The largest absolute Gasteiger partial charge is 0.354 e. The van der Waals surface area contributed by atoms with Crippen LogP contribution in [0.25, 0.3) is 12.2 Å². The lowest BCUT2D eigenvalue weighted by atomic mass is 10.2. The third-order valence-electron chi connectivity index (χ3n) is 2.68. The minimum absolute atomic E-state index is 0. The van der Waals surface area contributed by atoms with Crippen LogP contribution in [-0.4, -0.2) is 23.9 Å². The van der Waals surface area contributed by atoms with Crippen molar-refractivity contribution in [3.63, 3.8) is 0 Å². The van der Waals surface area contributed by atoms with Gasteiger partial charge in [0.1, 0.15) is 0 Å². The van der Waals surface area contributed by atoms with Crippen molar-refractivity contribution >= 4 is 12.2 Å². The molecule has 0 aliphatic carbocycles. The fraction of sp³-hybridized carbons (Fsp3) is 0.368. The molecule has 1 aromatic carbocycles. The molecule has 1 heterocycles. The van der Waals surface area contributed by atoms with Gasteiger partial charge >= 0.3 is 0 Å². The number of hydrogen-bond donors (Lipinski definition) is 0. The van der Waals surface area contributed by atoms with E-state index in [2.05, 4.69) is 36.4 Å². The summed E-state index contributed by atoms with van der Waals surface area (Å²) >= 11 is 0. The molecular formula is C19H34N2. The smallest absolute Gasteiger partial charge is 0.0194 e. The third-order valence-corrected chi connectivity index (χ3v) is 2.68. The summed E-state index contributed by atoms with van der Waals surface area (Å²) < 4.78 is 0. The average Bonchev–Trinajstić information content (AvgIpc) is 2.43. The van der Waals surface area contributed by atoms with E-state index in [0.717, 1.165) is 0 Å². The summed E-state index contributed by atoms with van der Waals surface area (Å²) in [7, 11) is 4.00. The fourth-order valence-electron chi connectivity index (χ4n) is 1.40. The Morgan fingerprint density at radius 2 is 0.857 bits per heavy atom. The molecule has 1 aliphatic rings. The molecule has 120 valence electrons. The molecule has 2 heteroatoms. The van der Waals surface area contributed by atoms with Gasteiger partial charge in [0.05, 0.1) is 0 Å². The van der Waals surface area contributed by atoms with E-state index in [-0.39, 0.29) is 22.3 Å². The highest BCUT2D eigenvalue weighted by molar-refractivity contribution is 5.25. The van der Waals surface area contributed by atoms with Gasteiger partial charge in [-0.1, -0.05) is 58.7 Å².